The van der Waals surface area contributed by atoms with Crippen LogP contribution in [0.2, 0.25) is 0 Å². The predicted molar refractivity (Wildman–Crippen MR) is 120 cm³/mol. The summed E-state index contributed by atoms with van der Waals surface area (Å²) in [6.07, 6.45) is 4.81. The van der Waals surface area contributed by atoms with Crippen LogP contribution in [0.4, 0.5) is 4.79 Å². The van der Waals surface area contributed by atoms with Gasteiger partial charge < -0.3 is 19.5 Å². The van der Waals surface area contributed by atoms with E-state index in [4.69, 9.17) is 14.2 Å². The van der Waals surface area contributed by atoms with Crippen LogP contribution in [0.3, 0.4) is 0 Å². The first-order chi connectivity index (χ1) is 14.6. The Morgan fingerprint density at radius 1 is 0.938 bits per heavy atom. The van der Waals surface area contributed by atoms with Gasteiger partial charge in [0.1, 0.15) is 11.2 Å². The van der Waals surface area contributed by atoms with E-state index in [1.807, 2.05) is 0 Å². The number of amides is 1. The third-order valence-electron chi connectivity index (χ3n) is 4.68. The van der Waals surface area contributed by atoms with Gasteiger partial charge in [0.15, 0.2) is 0 Å². The molecule has 0 aromatic carbocycles. The topological polar surface area (TPSA) is 94.2 Å². The van der Waals surface area contributed by atoms with Crippen LogP contribution in [-0.2, 0) is 23.8 Å². The van der Waals surface area contributed by atoms with Crippen LogP contribution in [0.1, 0.15) is 61.8 Å². The van der Waals surface area contributed by atoms with E-state index in [0.29, 0.717) is 34.5 Å². The number of hydrogen-bond acceptors (Lipinski definition) is 7. The molecule has 0 fully saturated rings. The van der Waals surface area contributed by atoms with Crippen molar-refractivity contribution in [3.63, 3.8) is 0 Å². The molecule has 0 bridgehead atoms. The summed E-state index contributed by atoms with van der Waals surface area (Å²) in [6.45, 7) is 14.2. The molecule has 0 aliphatic carbocycles. The first kappa shape index (κ1) is 25.2. The monoisotopic (exact) mass is 446 g/mol. The zero-order valence-corrected chi connectivity index (χ0v) is 20.4. The van der Waals surface area contributed by atoms with Crippen LogP contribution in [0.25, 0.3) is 0 Å². The van der Waals surface area contributed by atoms with Crippen molar-refractivity contribution < 1.29 is 28.6 Å². The summed E-state index contributed by atoms with van der Waals surface area (Å²) in [5.74, 6) is -1.83. The van der Waals surface area contributed by atoms with Crippen molar-refractivity contribution in [1.82, 2.24) is 10.2 Å². The number of nitrogens with zero attached hydrogens (tertiary/aromatic N) is 1. The smallest absolute Gasteiger partial charge is 0.417 e. The number of ether oxygens (including phenoxy) is 3. The number of nitrogens with one attached hydrogen (secondary N) is 1. The largest absolute Gasteiger partial charge is 0.457 e. The molecule has 0 aromatic heterocycles. The van der Waals surface area contributed by atoms with Gasteiger partial charge in [0.2, 0.25) is 0 Å². The number of rotatable bonds is 3. The lowest BCUT2D eigenvalue weighted by atomic mass is 9.78. The van der Waals surface area contributed by atoms with Gasteiger partial charge in [0, 0.05) is 29.7 Å². The Morgan fingerprint density at radius 3 is 1.81 bits per heavy atom. The van der Waals surface area contributed by atoms with Crippen molar-refractivity contribution in [2.45, 2.75) is 73.0 Å². The fourth-order valence-corrected chi connectivity index (χ4v) is 3.56. The molecule has 8 nitrogen and oxygen atoms in total. The predicted octanol–water partition coefficient (Wildman–Crippen LogP) is 4.31. The van der Waals surface area contributed by atoms with Gasteiger partial charge in [0.05, 0.1) is 18.3 Å². The number of hydrogen-bond donors (Lipinski definition) is 1. The molecule has 2 aliphatic heterocycles. The maximum absolute atomic E-state index is 13.3. The minimum absolute atomic E-state index is 0.303. The lowest BCUT2D eigenvalue weighted by molar-refractivity contribution is -0.151. The molecule has 0 saturated carbocycles. The zero-order chi connectivity index (χ0) is 24.4. The van der Waals surface area contributed by atoms with Gasteiger partial charge in [0.25, 0.3) is 0 Å². The standard InChI is InChI=1S/C24H34N2O6/c1-14-17(20(27)31-23(3,4)5)19(16-11-10-12-26(13-16)22(29)30-9)18(15(2)25-14)21(28)32-24(6,7)8/h10,12-13,19,25H,11H2,1-9H3. The Balaban J connectivity index is 2.64. The fraction of sp³-hybridized carbons (Fsp3) is 0.542. The first-order valence-electron chi connectivity index (χ1n) is 10.5. The molecule has 176 valence electrons. The lowest BCUT2D eigenvalue weighted by Crippen LogP contribution is -2.38. The summed E-state index contributed by atoms with van der Waals surface area (Å²) < 4.78 is 16.2. The van der Waals surface area contributed by atoms with Crippen molar-refractivity contribution in [1.29, 1.82) is 0 Å². The normalized spacial score (nSPS) is 17.7. The SMILES string of the molecule is COC(=O)N1C=CCC(C2C(C(=O)OC(C)(C)C)=C(C)NC(C)=C2C(=O)OC(C)(C)C)=C1. The summed E-state index contributed by atoms with van der Waals surface area (Å²) in [5.41, 5.74) is 0.977. The highest BCUT2D eigenvalue weighted by Gasteiger charge is 2.41. The molecule has 0 atom stereocenters. The van der Waals surface area contributed by atoms with E-state index in [1.54, 1.807) is 73.9 Å². The second-order valence-electron chi connectivity index (χ2n) is 9.81. The highest BCUT2D eigenvalue weighted by molar-refractivity contribution is 5.99. The molecule has 32 heavy (non-hydrogen) atoms. The van der Waals surface area contributed by atoms with Gasteiger partial charge in [-0.3, -0.25) is 4.90 Å². The third kappa shape index (κ3) is 6.02. The second kappa shape index (κ2) is 9.22. The van der Waals surface area contributed by atoms with Crippen LogP contribution in [0.15, 0.2) is 46.6 Å². The minimum Gasteiger partial charge on any atom is -0.457 e. The van der Waals surface area contributed by atoms with Gasteiger partial charge >= 0.3 is 18.0 Å². The average molecular weight is 447 g/mol. The quantitative estimate of drug-likeness (QED) is 0.510. The number of carbonyl (C=O) groups excluding carboxylic acids is 3. The molecule has 0 spiro atoms. The van der Waals surface area contributed by atoms with Crippen molar-refractivity contribution >= 4 is 18.0 Å². The summed E-state index contributed by atoms with van der Waals surface area (Å²) in [6, 6.07) is 0. The van der Waals surface area contributed by atoms with Crippen molar-refractivity contribution in [3.8, 4) is 0 Å². The summed E-state index contributed by atoms with van der Waals surface area (Å²) in [4.78, 5) is 39.9. The highest BCUT2D eigenvalue weighted by atomic mass is 16.6. The molecule has 2 heterocycles. The Hall–Kier alpha value is -3.03. The molecule has 0 unspecified atom stereocenters. The molecular formula is C24H34N2O6. The van der Waals surface area contributed by atoms with Crippen molar-refractivity contribution in [3.05, 3.63) is 46.6 Å². The van der Waals surface area contributed by atoms with Gasteiger partial charge in [-0.05, 0) is 67.4 Å². The molecule has 2 rings (SSSR count). The molecule has 8 heteroatoms. The van der Waals surface area contributed by atoms with E-state index < -0.39 is 35.2 Å². The van der Waals surface area contributed by atoms with E-state index >= 15 is 0 Å². The maximum atomic E-state index is 13.3. The first-order valence-corrected chi connectivity index (χ1v) is 10.5. The number of esters is 2. The van der Waals surface area contributed by atoms with Gasteiger partial charge in [-0.2, -0.15) is 0 Å². The van der Waals surface area contributed by atoms with E-state index in [-0.39, 0.29) is 0 Å². The van der Waals surface area contributed by atoms with Crippen LogP contribution < -0.4 is 5.32 Å². The zero-order valence-electron chi connectivity index (χ0n) is 20.4. The van der Waals surface area contributed by atoms with Crippen molar-refractivity contribution in [2.75, 3.05) is 7.11 Å². The fourth-order valence-electron chi connectivity index (χ4n) is 3.56. The molecule has 0 radical (unpaired) electrons. The molecule has 2 aliphatic rings. The van der Waals surface area contributed by atoms with E-state index in [1.165, 1.54) is 12.0 Å². The average Bonchev–Trinajstić information content (AvgIpc) is 2.63. The minimum atomic E-state index is -0.752. The van der Waals surface area contributed by atoms with Crippen LogP contribution in [0, 0.1) is 5.92 Å². The highest BCUT2D eigenvalue weighted by Crippen LogP contribution is 2.40. The molecule has 0 saturated heterocycles. The Morgan fingerprint density at radius 2 is 1.41 bits per heavy atom. The number of methoxy groups -OCH3 is 1. The lowest BCUT2D eigenvalue weighted by Gasteiger charge is -2.35. The summed E-state index contributed by atoms with van der Waals surface area (Å²) in [7, 11) is 1.29. The number of allylic oxidation sites excluding steroid dienone is 4. The number of dihydropyridines is 1. The molecular weight excluding hydrogens is 412 g/mol. The van der Waals surface area contributed by atoms with Crippen LogP contribution >= 0.6 is 0 Å². The Kier molecular flexibility index (Phi) is 7.27. The second-order valence-corrected chi connectivity index (χ2v) is 9.81. The Bertz CT molecular complexity index is 875. The molecule has 1 amide bonds. The Labute approximate surface area is 189 Å². The summed E-state index contributed by atoms with van der Waals surface area (Å²) in [5, 5.41) is 3.13. The molecule has 0 aromatic rings. The summed E-state index contributed by atoms with van der Waals surface area (Å²) >= 11 is 0. The number of carbonyl (C=O) groups is 3. The maximum Gasteiger partial charge on any atom is 0.417 e. The van der Waals surface area contributed by atoms with Crippen LogP contribution in [0.5, 0.6) is 0 Å². The molecule has 1 N–H and O–H groups in total. The van der Waals surface area contributed by atoms with Gasteiger partial charge in [-0.1, -0.05) is 6.08 Å². The van der Waals surface area contributed by atoms with Gasteiger partial charge in [-0.15, -0.1) is 0 Å². The van der Waals surface area contributed by atoms with Gasteiger partial charge in [-0.25, -0.2) is 14.4 Å². The third-order valence-corrected chi connectivity index (χ3v) is 4.68. The van der Waals surface area contributed by atoms with E-state index in [0.717, 1.165) is 0 Å². The van der Waals surface area contributed by atoms with E-state index in [9.17, 15) is 14.4 Å². The van der Waals surface area contributed by atoms with E-state index in [2.05, 4.69) is 5.32 Å². The van der Waals surface area contributed by atoms with Crippen molar-refractivity contribution in [2.24, 2.45) is 5.92 Å². The van der Waals surface area contributed by atoms with Crippen LogP contribution in [-0.4, -0.2) is 41.2 Å².